The largest absolute Gasteiger partial charge is 0.494 e. The van der Waals surface area contributed by atoms with E-state index in [1.165, 1.54) is 11.1 Å². The molecular weight excluding hydrogens is 298 g/mol. The van der Waals surface area contributed by atoms with Gasteiger partial charge >= 0.3 is 0 Å². The van der Waals surface area contributed by atoms with E-state index in [2.05, 4.69) is 73.6 Å². The topological polar surface area (TPSA) is 30.3 Å². The van der Waals surface area contributed by atoms with Crippen LogP contribution in [0.2, 0.25) is 0 Å². The van der Waals surface area contributed by atoms with Crippen molar-refractivity contribution < 1.29 is 4.74 Å². The molecule has 1 unspecified atom stereocenters. The van der Waals surface area contributed by atoms with E-state index in [1.807, 2.05) is 6.20 Å². The molecule has 0 fully saturated rings. The summed E-state index contributed by atoms with van der Waals surface area (Å²) in [4.78, 5) is 6.79. The smallest absolute Gasteiger partial charge is 0.119 e. The molecule has 2 rings (SSSR count). The van der Waals surface area contributed by atoms with Gasteiger partial charge in [0.05, 0.1) is 6.61 Å². The lowest BCUT2D eigenvalue weighted by molar-refractivity contribution is 0.208. The fourth-order valence-electron chi connectivity index (χ4n) is 2.99. The summed E-state index contributed by atoms with van der Waals surface area (Å²) in [6, 6.07) is 6.85. The number of imidazole rings is 1. The summed E-state index contributed by atoms with van der Waals surface area (Å²) in [5.74, 6) is 2.14. The second kappa shape index (κ2) is 8.88. The number of rotatable bonds is 9. The lowest BCUT2D eigenvalue weighted by atomic mass is 10.1. The molecule has 2 aromatic rings. The second-order valence-corrected chi connectivity index (χ2v) is 6.70. The van der Waals surface area contributed by atoms with Gasteiger partial charge in [-0.25, -0.2) is 4.98 Å². The van der Waals surface area contributed by atoms with Crippen LogP contribution < -0.4 is 4.74 Å². The Morgan fingerprint density at radius 3 is 2.58 bits per heavy atom. The van der Waals surface area contributed by atoms with Gasteiger partial charge in [0.2, 0.25) is 0 Å². The highest BCUT2D eigenvalue weighted by atomic mass is 16.5. The number of aromatic nitrogens is 2. The molecule has 0 saturated carbocycles. The first-order valence-electron chi connectivity index (χ1n) is 8.91. The molecule has 1 aromatic heterocycles. The van der Waals surface area contributed by atoms with Gasteiger partial charge in [-0.3, -0.25) is 0 Å². The van der Waals surface area contributed by atoms with Crippen molar-refractivity contribution in [3.05, 3.63) is 47.5 Å². The molecule has 132 valence electrons. The van der Waals surface area contributed by atoms with E-state index >= 15 is 0 Å². The monoisotopic (exact) mass is 329 g/mol. The van der Waals surface area contributed by atoms with Gasteiger partial charge in [-0.2, -0.15) is 0 Å². The molecule has 1 atom stereocenters. The summed E-state index contributed by atoms with van der Waals surface area (Å²) < 4.78 is 8.16. The third-order valence-electron chi connectivity index (χ3n) is 4.45. The van der Waals surface area contributed by atoms with Crippen molar-refractivity contribution in [3.8, 4) is 5.75 Å². The van der Waals surface area contributed by atoms with E-state index in [4.69, 9.17) is 4.74 Å². The Balaban J connectivity index is 1.73. The number of benzene rings is 1. The maximum absolute atomic E-state index is 5.90. The summed E-state index contributed by atoms with van der Waals surface area (Å²) in [5.41, 5.74) is 2.51. The minimum absolute atomic E-state index is 0.478. The van der Waals surface area contributed by atoms with E-state index in [0.717, 1.165) is 44.1 Å². The van der Waals surface area contributed by atoms with Crippen LogP contribution in [0.15, 0.2) is 30.6 Å². The van der Waals surface area contributed by atoms with Gasteiger partial charge in [-0.1, -0.05) is 13.0 Å². The Morgan fingerprint density at radius 1 is 1.21 bits per heavy atom. The molecule has 0 spiro atoms. The summed E-state index contributed by atoms with van der Waals surface area (Å²) in [6.45, 7) is 11.4. The summed E-state index contributed by atoms with van der Waals surface area (Å²) in [5, 5.41) is 0. The molecule has 1 aromatic carbocycles. The van der Waals surface area contributed by atoms with E-state index in [1.54, 1.807) is 0 Å². The van der Waals surface area contributed by atoms with Crippen molar-refractivity contribution in [3.63, 3.8) is 0 Å². The Labute approximate surface area is 146 Å². The van der Waals surface area contributed by atoms with Crippen molar-refractivity contribution in [1.82, 2.24) is 14.5 Å². The average molecular weight is 329 g/mol. The predicted molar refractivity (Wildman–Crippen MR) is 99.7 cm³/mol. The first-order chi connectivity index (χ1) is 11.5. The van der Waals surface area contributed by atoms with Crippen LogP contribution in [0.5, 0.6) is 5.75 Å². The fraction of sp³-hybridized carbons (Fsp3) is 0.550. The molecular formula is C20H31N3O. The Morgan fingerprint density at radius 2 is 1.92 bits per heavy atom. The molecule has 0 radical (unpaired) electrons. The van der Waals surface area contributed by atoms with Gasteiger partial charge < -0.3 is 14.2 Å². The second-order valence-electron chi connectivity index (χ2n) is 6.70. The first-order valence-corrected chi connectivity index (χ1v) is 8.91. The first kappa shape index (κ1) is 18.5. The zero-order chi connectivity index (χ0) is 17.5. The molecule has 0 aliphatic rings. The van der Waals surface area contributed by atoms with Gasteiger partial charge in [0.1, 0.15) is 11.6 Å². The van der Waals surface area contributed by atoms with Crippen LogP contribution >= 0.6 is 0 Å². The van der Waals surface area contributed by atoms with Crippen LogP contribution in [-0.4, -0.2) is 40.7 Å². The molecule has 4 heteroatoms. The number of likely N-dealkylation sites (N-methyl/N-ethyl adjacent to an activating group) is 1. The van der Waals surface area contributed by atoms with Crippen molar-refractivity contribution in [2.75, 3.05) is 20.2 Å². The molecule has 0 saturated heterocycles. The van der Waals surface area contributed by atoms with Crippen molar-refractivity contribution in [2.45, 2.75) is 53.1 Å². The van der Waals surface area contributed by atoms with Crippen molar-refractivity contribution in [1.29, 1.82) is 0 Å². The minimum Gasteiger partial charge on any atom is -0.494 e. The quantitative estimate of drug-likeness (QED) is 0.655. The molecule has 0 N–H and O–H groups in total. The molecule has 4 nitrogen and oxygen atoms in total. The zero-order valence-corrected chi connectivity index (χ0v) is 15.7. The predicted octanol–water partition coefficient (Wildman–Crippen LogP) is 3.85. The Bertz CT molecular complexity index is 615. The summed E-state index contributed by atoms with van der Waals surface area (Å²) in [7, 11) is 2.18. The highest BCUT2D eigenvalue weighted by Crippen LogP contribution is 2.16. The Kier molecular flexibility index (Phi) is 6.85. The summed E-state index contributed by atoms with van der Waals surface area (Å²) >= 11 is 0. The van der Waals surface area contributed by atoms with Crippen LogP contribution in [0.4, 0.5) is 0 Å². The molecule has 1 heterocycles. The Hall–Kier alpha value is -1.81. The number of aryl methyl sites for hydroxylation is 3. The normalized spacial score (nSPS) is 12.6. The number of hydrogen-bond donors (Lipinski definition) is 0. The van der Waals surface area contributed by atoms with Crippen LogP contribution in [-0.2, 0) is 13.0 Å². The summed E-state index contributed by atoms with van der Waals surface area (Å²) in [6.07, 6.45) is 5.97. The number of hydrogen-bond acceptors (Lipinski definition) is 3. The molecule has 0 aliphatic carbocycles. The maximum Gasteiger partial charge on any atom is 0.119 e. The van der Waals surface area contributed by atoms with Crippen LogP contribution in [0.3, 0.4) is 0 Å². The maximum atomic E-state index is 5.90. The van der Waals surface area contributed by atoms with E-state index in [9.17, 15) is 0 Å². The lowest BCUT2D eigenvalue weighted by Gasteiger charge is -2.25. The molecule has 0 bridgehead atoms. The number of nitrogens with zero attached hydrogens (tertiary/aromatic N) is 3. The lowest BCUT2D eigenvalue weighted by Crippen LogP contribution is -2.34. The third kappa shape index (κ3) is 5.38. The van der Waals surface area contributed by atoms with E-state index in [0.29, 0.717) is 6.04 Å². The standard InChI is InChI=1S/C20H31N3O/c1-6-20-21-8-10-23(20)15-18(4)22(5)9-7-11-24-19-13-16(2)12-17(3)14-19/h8,10,12-14,18H,6-7,9,11,15H2,1-5H3. The highest BCUT2D eigenvalue weighted by molar-refractivity contribution is 5.32. The number of ether oxygens (including phenoxy) is 1. The van der Waals surface area contributed by atoms with Gasteiger partial charge in [-0.15, -0.1) is 0 Å². The van der Waals surface area contributed by atoms with Gasteiger partial charge in [0, 0.05) is 37.9 Å². The van der Waals surface area contributed by atoms with E-state index < -0.39 is 0 Å². The van der Waals surface area contributed by atoms with Crippen molar-refractivity contribution in [2.24, 2.45) is 0 Å². The molecule has 0 amide bonds. The van der Waals surface area contributed by atoms with Crippen LogP contribution in [0.1, 0.15) is 37.2 Å². The highest BCUT2D eigenvalue weighted by Gasteiger charge is 2.11. The molecule has 24 heavy (non-hydrogen) atoms. The molecule has 0 aliphatic heterocycles. The fourth-order valence-corrected chi connectivity index (χ4v) is 2.99. The third-order valence-corrected chi connectivity index (χ3v) is 4.45. The minimum atomic E-state index is 0.478. The zero-order valence-electron chi connectivity index (χ0n) is 15.7. The van der Waals surface area contributed by atoms with Gasteiger partial charge in [-0.05, 0) is 57.5 Å². The average Bonchev–Trinajstić information content (AvgIpc) is 2.97. The van der Waals surface area contributed by atoms with Gasteiger partial charge in [0.15, 0.2) is 0 Å². The SMILES string of the molecule is CCc1nccn1CC(C)N(C)CCCOc1cc(C)cc(C)c1. The van der Waals surface area contributed by atoms with Crippen LogP contribution in [0, 0.1) is 13.8 Å². The van der Waals surface area contributed by atoms with Crippen molar-refractivity contribution >= 4 is 0 Å². The van der Waals surface area contributed by atoms with E-state index in [-0.39, 0.29) is 0 Å². The van der Waals surface area contributed by atoms with Crippen LogP contribution in [0.25, 0.3) is 0 Å². The van der Waals surface area contributed by atoms with Gasteiger partial charge in [0.25, 0.3) is 0 Å².